The van der Waals surface area contributed by atoms with Crippen molar-refractivity contribution in [2.75, 3.05) is 26.2 Å². The van der Waals surface area contributed by atoms with Crippen molar-refractivity contribution in [1.82, 2.24) is 29.1 Å². The van der Waals surface area contributed by atoms with Crippen LogP contribution in [-0.2, 0) is 17.9 Å². The third-order valence-corrected chi connectivity index (χ3v) is 8.40. The van der Waals surface area contributed by atoms with E-state index in [1.54, 1.807) is 22.9 Å². The number of ketones is 1. The van der Waals surface area contributed by atoms with Crippen molar-refractivity contribution in [2.24, 2.45) is 0 Å². The Bertz CT molecular complexity index is 1780. The summed E-state index contributed by atoms with van der Waals surface area (Å²) in [5, 5.41) is 14.1. The Balaban J connectivity index is 1.31. The number of amides is 2. The first-order valence-electron chi connectivity index (χ1n) is 13.6. The first-order valence-corrected chi connectivity index (χ1v) is 13.6. The van der Waals surface area contributed by atoms with Gasteiger partial charge in [-0.3, -0.25) is 9.20 Å². The van der Waals surface area contributed by atoms with Gasteiger partial charge in [-0.1, -0.05) is 6.07 Å². The monoisotopic (exact) mass is 537 g/mol. The van der Waals surface area contributed by atoms with Gasteiger partial charge in [0.15, 0.2) is 5.78 Å². The van der Waals surface area contributed by atoms with Crippen LogP contribution in [-0.4, -0.2) is 67.4 Å². The molecule has 40 heavy (non-hydrogen) atoms. The maximum absolute atomic E-state index is 14.4. The van der Waals surface area contributed by atoms with E-state index in [0.717, 1.165) is 33.4 Å². The molecule has 4 aromatic rings. The third kappa shape index (κ3) is 3.84. The van der Waals surface area contributed by atoms with Crippen LogP contribution in [0.15, 0.2) is 48.9 Å². The summed E-state index contributed by atoms with van der Waals surface area (Å²) in [5.74, 6) is -0.0204. The van der Waals surface area contributed by atoms with Gasteiger partial charge in [-0.25, -0.2) is 14.2 Å². The number of aromatic nitrogens is 3. The fourth-order valence-electron chi connectivity index (χ4n) is 6.23. The number of nitriles is 1. The molecule has 2 amide bonds. The molecule has 3 aliphatic rings. The highest BCUT2D eigenvalue weighted by Crippen LogP contribution is 2.37. The summed E-state index contributed by atoms with van der Waals surface area (Å²) in [4.78, 5) is 34.6. The Morgan fingerprint density at radius 1 is 1.15 bits per heavy atom. The molecule has 202 valence electrons. The van der Waals surface area contributed by atoms with E-state index in [9.17, 15) is 19.2 Å². The van der Waals surface area contributed by atoms with Gasteiger partial charge < -0.3 is 19.7 Å². The second-order valence-electron chi connectivity index (χ2n) is 11.1. The Labute approximate surface area is 230 Å². The van der Waals surface area contributed by atoms with Crippen LogP contribution in [0.1, 0.15) is 42.1 Å². The molecule has 0 bridgehead atoms. The number of carbonyl (C=O) groups is 2. The molecule has 1 N–H and O–H groups in total. The van der Waals surface area contributed by atoms with Gasteiger partial charge in [-0.05, 0) is 49.6 Å². The minimum atomic E-state index is -1.23. The van der Waals surface area contributed by atoms with E-state index in [1.165, 1.54) is 0 Å². The number of likely N-dealkylation sites (tertiary alicyclic amines) is 1. The Morgan fingerprint density at radius 2 is 1.98 bits per heavy atom. The van der Waals surface area contributed by atoms with E-state index in [2.05, 4.69) is 20.9 Å². The lowest BCUT2D eigenvalue weighted by molar-refractivity contribution is -0.112. The van der Waals surface area contributed by atoms with E-state index in [4.69, 9.17) is 0 Å². The molecular weight excluding hydrogens is 509 g/mol. The minimum Gasteiger partial charge on any atom is -0.376 e. The molecule has 6 heterocycles. The zero-order valence-corrected chi connectivity index (χ0v) is 22.2. The molecule has 1 saturated heterocycles. The lowest BCUT2D eigenvalue weighted by atomic mass is 9.96. The molecule has 0 atom stereocenters. The standard InChI is InChI=1S/C30H28FN7O2/c1-30(31)5-8-35(9-6-30)29(40)37-11-10-36-18-22(21-13-19(14-32)12-20(17-37)28(21)36)27-26(24(39)16-34-27)23-15-33-25-4-2-3-7-38(23)25/h2-4,7,12-13,15,18,34H,5-6,8-11,16-17H2,1H3. The van der Waals surface area contributed by atoms with Gasteiger partial charge in [0, 0.05) is 56.1 Å². The van der Waals surface area contributed by atoms with Gasteiger partial charge in [0.25, 0.3) is 0 Å². The van der Waals surface area contributed by atoms with E-state index >= 15 is 0 Å². The molecule has 0 radical (unpaired) electrons. The van der Waals surface area contributed by atoms with E-state index < -0.39 is 5.67 Å². The number of rotatable bonds is 2. The lowest BCUT2D eigenvalue weighted by Gasteiger charge is -2.37. The molecule has 1 aromatic carbocycles. The average Bonchev–Trinajstić information content (AvgIpc) is 3.61. The Morgan fingerprint density at radius 3 is 2.77 bits per heavy atom. The number of alkyl halides is 1. The second-order valence-corrected chi connectivity index (χ2v) is 11.1. The van der Waals surface area contributed by atoms with E-state index in [0.29, 0.717) is 62.4 Å². The van der Waals surface area contributed by atoms with Crippen LogP contribution in [0, 0.1) is 11.3 Å². The third-order valence-electron chi connectivity index (χ3n) is 8.40. The van der Waals surface area contributed by atoms with Crippen molar-refractivity contribution in [1.29, 1.82) is 5.26 Å². The summed E-state index contributed by atoms with van der Waals surface area (Å²) >= 11 is 0. The number of Topliss-reactive ketones (excluding diaryl/α,β-unsaturated/α-hetero) is 1. The molecule has 3 aliphatic heterocycles. The zero-order valence-electron chi connectivity index (χ0n) is 22.2. The van der Waals surface area contributed by atoms with Crippen LogP contribution in [0.25, 0.3) is 27.8 Å². The average molecular weight is 538 g/mol. The van der Waals surface area contributed by atoms with Gasteiger partial charge in [0.1, 0.15) is 11.3 Å². The Hall–Kier alpha value is -4.65. The largest absolute Gasteiger partial charge is 0.376 e. The van der Waals surface area contributed by atoms with Gasteiger partial charge in [0.05, 0.1) is 46.9 Å². The molecule has 0 spiro atoms. The van der Waals surface area contributed by atoms with Crippen LogP contribution in [0.2, 0.25) is 0 Å². The van der Waals surface area contributed by atoms with Crippen LogP contribution in [0.3, 0.4) is 0 Å². The highest BCUT2D eigenvalue weighted by Gasteiger charge is 2.35. The number of nitrogens with one attached hydrogen (secondary N) is 1. The van der Waals surface area contributed by atoms with Crippen molar-refractivity contribution in [3.05, 3.63) is 71.3 Å². The molecule has 3 aromatic heterocycles. The zero-order chi connectivity index (χ0) is 27.6. The van der Waals surface area contributed by atoms with Crippen molar-refractivity contribution in [3.63, 3.8) is 0 Å². The Kier molecular flexibility index (Phi) is 5.46. The number of pyridine rings is 1. The van der Waals surface area contributed by atoms with Crippen molar-refractivity contribution < 1.29 is 14.0 Å². The summed E-state index contributed by atoms with van der Waals surface area (Å²) in [6.45, 7) is 3.95. The fourth-order valence-corrected chi connectivity index (χ4v) is 6.23. The summed E-state index contributed by atoms with van der Waals surface area (Å²) in [5.41, 5.74) is 4.69. The van der Waals surface area contributed by atoms with Crippen LogP contribution >= 0.6 is 0 Å². The number of carbonyl (C=O) groups excluding carboxylic acids is 2. The van der Waals surface area contributed by atoms with Gasteiger partial charge in [0.2, 0.25) is 0 Å². The van der Waals surface area contributed by atoms with Gasteiger partial charge in [-0.15, -0.1) is 0 Å². The maximum atomic E-state index is 14.4. The van der Waals surface area contributed by atoms with Crippen LogP contribution in [0.5, 0.6) is 0 Å². The van der Waals surface area contributed by atoms with Crippen molar-refractivity contribution in [3.8, 4) is 6.07 Å². The molecule has 10 heteroatoms. The quantitative estimate of drug-likeness (QED) is 0.417. The smallest absolute Gasteiger partial charge is 0.320 e. The number of piperidine rings is 1. The first kappa shape index (κ1) is 24.4. The SMILES string of the molecule is CC1(F)CCN(C(=O)N2CCn3cc(C4=C(c5cnc6ccccn56)C(=O)CN4)c4cc(C#N)cc(c43)C2)CC1. The molecular formula is C30H28FN7O2. The minimum absolute atomic E-state index is 0.0204. The van der Waals surface area contributed by atoms with Gasteiger partial charge >= 0.3 is 6.03 Å². The predicted octanol–water partition coefficient (Wildman–Crippen LogP) is 3.96. The number of urea groups is 1. The molecule has 0 saturated carbocycles. The number of benzene rings is 1. The van der Waals surface area contributed by atoms with E-state index in [1.807, 2.05) is 47.1 Å². The number of hydrogen-bond donors (Lipinski definition) is 1. The second kappa shape index (κ2) is 8.95. The van der Waals surface area contributed by atoms with Gasteiger partial charge in [-0.2, -0.15) is 5.26 Å². The summed E-state index contributed by atoms with van der Waals surface area (Å²) in [6.07, 6.45) is 6.30. The maximum Gasteiger partial charge on any atom is 0.320 e. The van der Waals surface area contributed by atoms with Crippen molar-refractivity contribution >= 4 is 39.6 Å². The fraction of sp³-hybridized carbons (Fsp3) is 0.333. The molecule has 1 fully saturated rings. The molecule has 0 aliphatic carbocycles. The summed E-state index contributed by atoms with van der Waals surface area (Å²) < 4.78 is 18.4. The van der Waals surface area contributed by atoms with Crippen molar-refractivity contribution in [2.45, 2.75) is 38.5 Å². The normalized spacial score (nSPS) is 18.8. The first-order chi connectivity index (χ1) is 19.3. The highest BCUT2D eigenvalue weighted by molar-refractivity contribution is 6.32. The summed E-state index contributed by atoms with van der Waals surface area (Å²) in [7, 11) is 0. The predicted molar refractivity (Wildman–Crippen MR) is 148 cm³/mol. The highest BCUT2D eigenvalue weighted by atomic mass is 19.1. The molecule has 7 rings (SSSR count). The van der Waals surface area contributed by atoms with Crippen LogP contribution in [0.4, 0.5) is 9.18 Å². The number of imidazole rings is 1. The summed E-state index contributed by atoms with van der Waals surface area (Å²) in [6, 6.07) is 11.6. The number of fused-ring (bicyclic) bond motifs is 1. The molecule has 9 nitrogen and oxygen atoms in total. The number of nitrogens with zero attached hydrogens (tertiary/aromatic N) is 6. The topological polar surface area (TPSA) is 98.7 Å². The molecule has 0 unspecified atom stereocenters. The lowest BCUT2D eigenvalue weighted by Crippen LogP contribution is -2.49. The van der Waals surface area contributed by atoms with Crippen LogP contribution < -0.4 is 5.32 Å². The number of hydrogen-bond acceptors (Lipinski definition) is 5. The van der Waals surface area contributed by atoms with E-state index in [-0.39, 0.29) is 18.4 Å². The number of halogens is 1.